The number of aromatic nitrogens is 1. The monoisotopic (exact) mass is 419 g/mol. The van der Waals surface area contributed by atoms with E-state index in [-0.39, 0.29) is 5.78 Å². The molecular formula is C25H29N3O3. The molecule has 0 N–H and O–H groups in total. The summed E-state index contributed by atoms with van der Waals surface area (Å²) < 4.78 is 11.0. The van der Waals surface area contributed by atoms with Crippen LogP contribution in [0.4, 0.5) is 5.69 Å². The number of ether oxygens (including phenoxy) is 2. The number of pyridine rings is 1. The summed E-state index contributed by atoms with van der Waals surface area (Å²) in [4.78, 5) is 22.9. The molecule has 162 valence electrons. The SMILES string of the molecule is COc1cc2ncc(C(=O)c3ccc(C)c(C)c3)c(N3CCN(C)CC3)c2cc1OC. The van der Waals surface area contributed by atoms with Gasteiger partial charge in [0, 0.05) is 49.4 Å². The van der Waals surface area contributed by atoms with Crippen molar-refractivity contribution in [2.45, 2.75) is 13.8 Å². The number of carbonyl (C=O) groups is 1. The topological polar surface area (TPSA) is 54.9 Å². The number of likely N-dealkylation sites (N-methyl/N-ethyl adjacent to an activating group) is 1. The number of nitrogens with zero attached hydrogens (tertiary/aromatic N) is 3. The third kappa shape index (κ3) is 3.95. The van der Waals surface area contributed by atoms with Gasteiger partial charge in [-0.25, -0.2) is 0 Å². The highest BCUT2D eigenvalue weighted by molar-refractivity contribution is 6.16. The van der Waals surface area contributed by atoms with E-state index in [4.69, 9.17) is 9.47 Å². The van der Waals surface area contributed by atoms with Crippen molar-refractivity contribution in [3.63, 3.8) is 0 Å². The smallest absolute Gasteiger partial charge is 0.196 e. The second-order valence-electron chi connectivity index (χ2n) is 8.16. The summed E-state index contributed by atoms with van der Waals surface area (Å²) in [5.41, 5.74) is 5.27. The van der Waals surface area contributed by atoms with Crippen molar-refractivity contribution in [3.05, 3.63) is 58.8 Å². The van der Waals surface area contributed by atoms with Gasteiger partial charge in [-0.3, -0.25) is 9.78 Å². The highest BCUT2D eigenvalue weighted by Crippen LogP contribution is 2.38. The van der Waals surface area contributed by atoms with E-state index >= 15 is 0 Å². The molecule has 31 heavy (non-hydrogen) atoms. The van der Waals surface area contributed by atoms with E-state index in [0.29, 0.717) is 22.6 Å². The molecule has 6 nitrogen and oxygen atoms in total. The molecule has 2 aromatic carbocycles. The number of carbonyl (C=O) groups excluding carboxylic acids is 1. The Hall–Kier alpha value is -3.12. The normalized spacial score (nSPS) is 14.7. The van der Waals surface area contributed by atoms with Crippen LogP contribution in [0.5, 0.6) is 11.5 Å². The fraction of sp³-hybridized carbons (Fsp3) is 0.360. The lowest BCUT2D eigenvalue weighted by molar-refractivity contribution is 0.103. The van der Waals surface area contributed by atoms with Gasteiger partial charge in [-0.15, -0.1) is 0 Å². The van der Waals surface area contributed by atoms with Gasteiger partial charge >= 0.3 is 0 Å². The summed E-state index contributed by atoms with van der Waals surface area (Å²) in [6.45, 7) is 7.65. The predicted molar refractivity (Wildman–Crippen MR) is 124 cm³/mol. The van der Waals surface area contributed by atoms with E-state index in [0.717, 1.165) is 48.3 Å². The maximum atomic E-state index is 13.6. The van der Waals surface area contributed by atoms with Crippen LogP contribution in [0.2, 0.25) is 0 Å². The Morgan fingerprint density at radius 2 is 1.61 bits per heavy atom. The van der Waals surface area contributed by atoms with Crippen LogP contribution in [0.1, 0.15) is 27.0 Å². The quantitative estimate of drug-likeness (QED) is 0.586. The van der Waals surface area contributed by atoms with Crippen LogP contribution >= 0.6 is 0 Å². The van der Waals surface area contributed by atoms with Crippen molar-refractivity contribution in [1.82, 2.24) is 9.88 Å². The summed E-state index contributed by atoms with van der Waals surface area (Å²) in [6.07, 6.45) is 1.71. The van der Waals surface area contributed by atoms with Crippen molar-refractivity contribution < 1.29 is 14.3 Å². The van der Waals surface area contributed by atoms with E-state index < -0.39 is 0 Å². The molecule has 0 amide bonds. The maximum absolute atomic E-state index is 13.6. The molecule has 0 unspecified atom stereocenters. The number of piperazine rings is 1. The van der Waals surface area contributed by atoms with Gasteiger partial charge in [0.1, 0.15) is 0 Å². The average Bonchev–Trinajstić information content (AvgIpc) is 2.79. The van der Waals surface area contributed by atoms with Gasteiger partial charge in [0.25, 0.3) is 0 Å². The number of anilines is 1. The molecular weight excluding hydrogens is 390 g/mol. The van der Waals surface area contributed by atoms with Gasteiger partial charge in [0.15, 0.2) is 17.3 Å². The number of methoxy groups -OCH3 is 2. The molecule has 1 fully saturated rings. The first-order valence-corrected chi connectivity index (χ1v) is 10.5. The lowest BCUT2D eigenvalue weighted by Gasteiger charge is -2.35. The lowest BCUT2D eigenvalue weighted by Crippen LogP contribution is -2.45. The minimum atomic E-state index is -0.0128. The summed E-state index contributed by atoms with van der Waals surface area (Å²) in [5.74, 6) is 1.24. The van der Waals surface area contributed by atoms with E-state index in [1.54, 1.807) is 20.4 Å². The molecule has 1 aliphatic rings. The Morgan fingerprint density at radius 1 is 0.935 bits per heavy atom. The summed E-state index contributed by atoms with van der Waals surface area (Å²) in [6, 6.07) is 9.67. The van der Waals surface area contributed by atoms with Crippen LogP contribution in [0.15, 0.2) is 36.5 Å². The standard InChI is InChI=1S/C25H29N3O3/c1-16-6-7-18(12-17(16)2)25(29)20-15-26-21-14-23(31-5)22(30-4)13-19(21)24(20)28-10-8-27(3)9-11-28/h6-7,12-15H,8-11H2,1-5H3. The molecule has 0 spiro atoms. The van der Waals surface area contributed by atoms with Crippen LogP contribution in [-0.4, -0.2) is 63.1 Å². The fourth-order valence-electron chi connectivity index (χ4n) is 4.08. The molecule has 0 radical (unpaired) electrons. The van der Waals surface area contributed by atoms with Gasteiger partial charge < -0.3 is 19.3 Å². The molecule has 3 aromatic rings. The Labute approximate surface area is 183 Å². The summed E-state index contributed by atoms with van der Waals surface area (Å²) in [5, 5.41) is 0.900. The van der Waals surface area contributed by atoms with Crippen molar-refractivity contribution in [2.24, 2.45) is 0 Å². The first-order valence-electron chi connectivity index (χ1n) is 10.5. The lowest BCUT2D eigenvalue weighted by atomic mass is 9.97. The van der Waals surface area contributed by atoms with Gasteiger partial charge in [-0.2, -0.15) is 0 Å². The first-order chi connectivity index (χ1) is 14.9. The second-order valence-corrected chi connectivity index (χ2v) is 8.16. The van der Waals surface area contributed by atoms with Crippen molar-refractivity contribution in [1.29, 1.82) is 0 Å². The van der Waals surface area contributed by atoms with E-state index in [2.05, 4.69) is 28.8 Å². The number of benzene rings is 2. The highest BCUT2D eigenvalue weighted by Gasteiger charge is 2.25. The van der Waals surface area contributed by atoms with Crippen LogP contribution in [-0.2, 0) is 0 Å². The van der Waals surface area contributed by atoms with Gasteiger partial charge in [0.05, 0.1) is 31.0 Å². The molecule has 0 atom stereocenters. The Kier molecular flexibility index (Phi) is 5.83. The molecule has 1 aromatic heterocycles. The molecule has 0 aliphatic carbocycles. The maximum Gasteiger partial charge on any atom is 0.196 e. The number of ketones is 1. The molecule has 0 saturated carbocycles. The zero-order valence-electron chi connectivity index (χ0n) is 18.9. The minimum absolute atomic E-state index is 0.0128. The van der Waals surface area contributed by atoms with Crippen LogP contribution < -0.4 is 14.4 Å². The third-order valence-corrected chi connectivity index (χ3v) is 6.18. The average molecular weight is 420 g/mol. The molecule has 0 bridgehead atoms. The van der Waals surface area contributed by atoms with Gasteiger partial charge in [-0.1, -0.05) is 12.1 Å². The van der Waals surface area contributed by atoms with Crippen LogP contribution in [0.3, 0.4) is 0 Å². The minimum Gasteiger partial charge on any atom is -0.493 e. The van der Waals surface area contributed by atoms with Gasteiger partial charge in [-0.05, 0) is 44.2 Å². The number of hydrogen-bond donors (Lipinski definition) is 0. The van der Waals surface area contributed by atoms with Crippen LogP contribution in [0.25, 0.3) is 10.9 Å². The molecule has 6 heteroatoms. The predicted octanol–water partition coefficient (Wildman–Crippen LogP) is 3.85. The summed E-state index contributed by atoms with van der Waals surface area (Å²) in [7, 11) is 5.36. The number of hydrogen-bond acceptors (Lipinski definition) is 6. The zero-order valence-corrected chi connectivity index (χ0v) is 18.9. The Bertz CT molecular complexity index is 1130. The number of aryl methyl sites for hydroxylation is 2. The van der Waals surface area contributed by atoms with Crippen molar-refractivity contribution in [3.8, 4) is 11.5 Å². The van der Waals surface area contributed by atoms with Crippen LogP contribution in [0, 0.1) is 13.8 Å². The number of rotatable bonds is 5. The molecule has 1 saturated heterocycles. The Morgan fingerprint density at radius 3 is 2.26 bits per heavy atom. The third-order valence-electron chi connectivity index (χ3n) is 6.18. The Balaban J connectivity index is 1.92. The van der Waals surface area contributed by atoms with E-state index in [1.165, 1.54) is 5.56 Å². The molecule has 2 heterocycles. The van der Waals surface area contributed by atoms with E-state index in [9.17, 15) is 4.79 Å². The highest BCUT2D eigenvalue weighted by atomic mass is 16.5. The van der Waals surface area contributed by atoms with E-state index in [1.807, 2.05) is 37.3 Å². The largest absolute Gasteiger partial charge is 0.493 e. The summed E-state index contributed by atoms with van der Waals surface area (Å²) >= 11 is 0. The van der Waals surface area contributed by atoms with Crippen molar-refractivity contribution >= 4 is 22.4 Å². The van der Waals surface area contributed by atoms with Crippen molar-refractivity contribution in [2.75, 3.05) is 52.3 Å². The number of fused-ring (bicyclic) bond motifs is 1. The first kappa shape index (κ1) is 21.1. The fourth-order valence-corrected chi connectivity index (χ4v) is 4.08. The molecule has 4 rings (SSSR count). The molecule has 1 aliphatic heterocycles. The van der Waals surface area contributed by atoms with Gasteiger partial charge in [0.2, 0.25) is 0 Å². The zero-order chi connectivity index (χ0) is 22.1. The second kappa shape index (κ2) is 8.55.